The number of carbonyl (C=O) groups excluding carboxylic acids is 1. The minimum absolute atomic E-state index is 0.0834. The van der Waals surface area contributed by atoms with Crippen molar-refractivity contribution in [1.29, 1.82) is 0 Å². The number of benzene rings is 1. The summed E-state index contributed by atoms with van der Waals surface area (Å²) in [5.41, 5.74) is 2.14. The van der Waals surface area contributed by atoms with Crippen LogP contribution < -0.4 is 15.8 Å². The molecule has 7 nitrogen and oxygen atoms in total. The van der Waals surface area contributed by atoms with Gasteiger partial charge in [0.2, 0.25) is 5.88 Å². The van der Waals surface area contributed by atoms with E-state index in [2.05, 4.69) is 15.3 Å². The van der Waals surface area contributed by atoms with Crippen molar-refractivity contribution in [1.82, 2.24) is 4.98 Å². The minimum Gasteiger partial charge on any atom is -0.391 e. The van der Waals surface area contributed by atoms with Crippen molar-refractivity contribution in [3.63, 3.8) is 0 Å². The molecule has 2 heterocycles. The summed E-state index contributed by atoms with van der Waals surface area (Å²) in [7, 11) is 0. The molecule has 3 rings (SSSR count). The van der Waals surface area contributed by atoms with E-state index in [1.165, 1.54) is 0 Å². The molecule has 1 aliphatic rings. The first-order valence-corrected chi connectivity index (χ1v) is 8.44. The minimum atomic E-state index is -3.15. The summed E-state index contributed by atoms with van der Waals surface area (Å²) in [5, 5.41) is 2.22. The van der Waals surface area contributed by atoms with E-state index < -0.39 is 42.5 Å². The fourth-order valence-corrected chi connectivity index (χ4v) is 2.75. The average molecular weight is 430 g/mol. The summed E-state index contributed by atoms with van der Waals surface area (Å²) in [6.07, 6.45) is -6.15. The van der Waals surface area contributed by atoms with E-state index in [4.69, 9.17) is 15.2 Å². The maximum absolute atomic E-state index is 14.4. The summed E-state index contributed by atoms with van der Waals surface area (Å²) in [4.78, 5) is 19.3. The lowest BCUT2D eigenvalue weighted by Crippen LogP contribution is -2.45. The number of aliphatic imine (C=N–C) groups is 1. The van der Waals surface area contributed by atoms with Gasteiger partial charge in [0.1, 0.15) is 18.3 Å². The molecule has 1 aromatic carbocycles. The topological polar surface area (TPSA) is 98.8 Å². The number of nitrogens with one attached hydrogen (secondary N) is 1. The molecule has 12 heteroatoms. The number of nitrogens with two attached hydrogens (primary N) is 1. The van der Waals surface area contributed by atoms with Crippen LogP contribution in [0.15, 0.2) is 41.5 Å². The van der Waals surface area contributed by atoms with Gasteiger partial charge in [0.05, 0.1) is 6.61 Å². The Labute approximate surface area is 166 Å². The van der Waals surface area contributed by atoms with Crippen LogP contribution in [0.4, 0.5) is 32.4 Å². The van der Waals surface area contributed by atoms with E-state index in [1.807, 2.05) is 0 Å². The molecule has 0 radical (unpaired) electrons. The van der Waals surface area contributed by atoms with Crippen LogP contribution in [0.3, 0.4) is 0 Å². The zero-order chi connectivity index (χ0) is 21.9. The van der Waals surface area contributed by atoms with E-state index in [0.717, 1.165) is 36.5 Å². The molecule has 0 aliphatic carbocycles. The Kier molecular flexibility index (Phi) is 6.15. The number of carbonyl (C=O) groups is 1. The molecule has 30 heavy (non-hydrogen) atoms. The molecule has 0 spiro atoms. The number of hydrogen-bond donors (Lipinski definition) is 2. The van der Waals surface area contributed by atoms with Crippen LogP contribution in [0, 0.1) is 5.82 Å². The van der Waals surface area contributed by atoms with E-state index in [1.54, 1.807) is 0 Å². The van der Waals surface area contributed by atoms with E-state index in [-0.39, 0.29) is 29.6 Å². The van der Waals surface area contributed by atoms with E-state index in [9.17, 15) is 26.7 Å². The number of nitrogens with zero attached hydrogens (tertiary/aromatic N) is 2. The third-order valence-electron chi connectivity index (χ3n) is 4.16. The van der Waals surface area contributed by atoms with Crippen LogP contribution >= 0.6 is 0 Å². The first-order chi connectivity index (χ1) is 14.2. The van der Waals surface area contributed by atoms with Gasteiger partial charge in [0, 0.05) is 29.1 Å². The first kappa shape index (κ1) is 21.4. The predicted octanol–water partition coefficient (Wildman–Crippen LogP) is 3.62. The molecule has 1 atom stereocenters. The third-order valence-corrected chi connectivity index (χ3v) is 4.16. The zero-order valence-corrected chi connectivity index (χ0v) is 15.1. The normalized spacial score (nSPS) is 19.0. The van der Waals surface area contributed by atoms with Crippen molar-refractivity contribution in [2.75, 3.05) is 18.5 Å². The fraction of sp³-hybridized carbons (Fsp3) is 0.278. The van der Waals surface area contributed by atoms with Crippen molar-refractivity contribution in [2.24, 2.45) is 10.7 Å². The van der Waals surface area contributed by atoms with Crippen LogP contribution in [0.2, 0.25) is 0 Å². The van der Waals surface area contributed by atoms with Crippen LogP contribution in [0.5, 0.6) is 5.88 Å². The van der Waals surface area contributed by atoms with Crippen LogP contribution in [-0.2, 0) is 10.3 Å². The lowest BCUT2D eigenvalue weighted by molar-refractivity contribution is -0.0145. The number of amides is 1. The Bertz CT molecular complexity index is 955. The number of hydrogen-bond acceptors (Lipinski definition) is 6. The second kappa shape index (κ2) is 8.61. The van der Waals surface area contributed by atoms with Crippen molar-refractivity contribution in [3.8, 4) is 5.88 Å². The molecule has 1 aromatic heterocycles. The molecule has 0 unspecified atom stereocenters. The second-order valence-electron chi connectivity index (χ2n) is 6.26. The maximum Gasteiger partial charge on any atom is 0.418 e. The third kappa shape index (κ3) is 4.48. The number of amidine groups is 1. The van der Waals surface area contributed by atoms with Crippen molar-refractivity contribution in [3.05, 3.63) is 53.5 Å². The van der Waals surface area contributed by atoms with Gasteiger partial charge in [0.15, 0.2) is 5.54 Å². The lowest BCUT2D eigenvalue weighted by Gasteiger charge is -2.33. The standard InChI is InChI=1S/C18H15F5N4O3/c19-12-3-2-10(5-11(12)18(16(22)23)8-29-7-13(24)27-18)26-17(28)30-14-4-1-9(6-25-14)15(20)21/h1-6,15-16H,7-8H2,(H2,24,27)(H,26,28)/t18-/m0/s1. The van der Waals surface area contributed by atoms with E-state index in [0.29, 0.717) is 0 Å². The summed E-state index contributed by atoms with van der Waals surface area (Å²) < 4.78 is 76.9. The van der Waals surface area contributed by atoms with Gasteiger partial charge >= 0.3 is 6.09 Å². The number of rotatable bonds is 5. The molecule has 0 saturated carbocycles. The quantitative estimate of drug-likeness (QED) is 0.706. The maximum atomic E-state index is 14.4. The summed E-state index contributed by atoms with van der Waals surface area (Å²) in [6, 6.07) is 5.02. The van der Waals surface area contributed by atoms with Gasteiger partial charge < -0.3 is 15.2 Å². The smallest absolute Gasteiger partial charge is 0.391 e. The molecule has 3 N–H and O–H groups in total. The molecule has 1 aliphatic heterocycles. The SMILES string of the molecule is NC1=N[C@@](c2cc(NC(=O)Oc3ccc(C(F)F)cn3)ccc2F)(C(F)F)COC1. The van der Waals surface area contributed by atoms with Gasteiger partial charge in [-0.1, -0.05) is 0 Å². The van der Waals surface area contributed by atoms with Crippen LogP contribution in [-0.4, -0.2) is 36.6 Å². The Morgan fingerprint density at radius 3 is 2.60 bits per heavy atom. The number of anilines is 1. The predicted molar refractivity (Wildman–Crippen MR) is 95.4 cm³/mol. The molecule has 2 aromatic rings. The van der Waals surface area contributed by atoms with Crippen LogP contribution in [0.1, 0.15) is 17.6 Å². The molecule has 0 saturated heterocycles. The first-order valence-electron chi connectivity index (χ1n) is 8.44. The van der Waals surface area contributed by atoms with Crippen molar-refractivity contribution >= 4 is 17.6 Å². The number of pyridine rings is 1. The van der Waals surface area contributed by atoms with E-state index >= 15 is 0 Å². The number of halogens is 5. The highest BCUT2D eigenvalue weighted by Crippen LogP contribution is 2.38. The average Bonchev–Trinajstić information content (AvgIpc) is 2.69. The number of aromatic nitrogens is 1. The summed E-state index contributed by atoms with van der Waals surface area (Å²) >= 11 is 0. The van der Waals surface area contributed by atoms with Crippen LogP contribution in [0.25, 0.3) is 0 Å². The highest BCUT2D eigenvalue weighted by Gasteiger charge is 2.46. The monoisotopic (exact) mass is 430 g/mol. The summed E-state index contributed by atoms with van der Waals surface area (Å²) in [6.45, 7) is -0.783. The molecule has 0 bridgehead atoms. The molecule has 1 amide bonds. The van der Waals surface area contributed by atoms with Gasteiger partial charge in [0.25, 0.3) is 12.9 Å². The van der Waals surface area contributed by atoms with Crippen molar-refractivity contribution < 1.29 is 36.2 Å². The van der Waals surface area contributed by atoms with Gasteiger partial charge in [-0.3, -0.25) is 10.3 Å². The molecule has 0 fully saturated rings. The number of alkyl halides is 4. The number of ether oxygens (including phenoxy) is 2. The Hall–Kier alpha value is -3.28. The lowest BCUT2D eigenvalue weighted by atomic mass is 9.90. The Morgan fingerprint density at radius 1 is 1.23 bits per heavy atom. The van der Waals surface area contributed by atoms with Crippen molar-refractivity contribution in [2.45, 2.75) is 18.4 Å². The van der Waals surface area contributed by atoms with Gasteiger partial charge in [-0.2, -0.15) is 0 Å². The highest BCUT2D eigenvalue weighted by atomic mass is 19.3. The summed E-state index contributed by atoms with van der Waals surface area (Å²) in [5.74, 6) is -1.50. The highest BCUT2D eigenvalue weighted by molar-refractivity contribution is 5.86. The molecular weight excluding hydrogens is 415 g/mol. The van der Waals surface area contributed by atoms with Gasteiger partial charge in [-0.05, 0) is 24.3 Å². The molecule has 160 valence electrons. The zero-order valence-electron chi connectivity index (χ0n) is 15.1. The Balaban J connectivity index is 1.81. The molecular formula is C18H15F5N4O3. The second-order valence-corrected chi connectivity index (χ2v) is 6.26. The van der Waals surface area contributed by atoms with Gasteiger partial charge in [-0.15, -0.1) is 0 Å². The van der Waals surface area contributed by atoms with Gasteiger partial charge in [-0.25, -0.2) is 31.7 Å². The largest absolute Gasteiger partial charge is 0.418 e. The fourth-order valence-electron chi connectivity index (χ4n) is 2.75. The Morgan fingerprint density at radius 2 is 2.00 bits per heavy atom.